The van der Waals surface area contributed by atoms with E-state index in [0.717, 1.165) is 5.92 Å². The van der Waals surface area contributed by atoms with Gasteiger partial charge in [0.25, 0.3) is 0 Å². The molecule has 1 aliphatic carbocycles. The van der Waals surface area contributed by atoms with Gasteiger partial charge >= 0.3 is 0 Å². The molecule has 0 aliphatic heterocycles. The van der Waals surface area contributed by atoms with Crippen LogP contribution in [0.15, 0.2) is 15.9 Å². The summed E-state index contributed by atoms with van der Waals surface area (Å²) in [6.45, 7) is 9.48. The van der Waals surface area contributed by atoms with Crippen LogP contribution < -0.4 is 5.32 Å². The fraction of sp³-hybridized carbons (Fsp3) is 0.750. The van der Waals surface area contributed by atoms with E-state index in [-0.39, 0.29) is 0 Å². The summed E-state index contributed by atoms with van der Waals surface area (Å²) < 4.78 is 1.23. The number of halogens is 1. The molecule has 3 unspecified atom stereocenters. The van der Waals surface area contributed by atoms with Crippen LogP contribution in [-0.4, -0.2) is 6.04 Å². The molecule has 0 aromatic carbocycles. The van der Waals surface area contributed by atoms with Crippen LogP contribution >= 0.6 is 27.3 Å². The highest BCUT2D eigenvalue weighted by Gasteiger charge is 2.34. The largest absolute Gasteiger partial charge is 0.306 e. The van der Waals surface area contributed by atoms with Crippen LogP contribution in [0.25, 0.3) is 0 Å². The minimum Gasteiger partial charge on any atom is -0.306 e. The van der Waals surface area contributed by atoms with E-state index in [4.69, 9.17) is 0 Å². The first-order chi connectivity index (χ1) is 8.88. The van der Waals surface area contributed by atoms with Crippen LogP contribution in [0, 0.1) is 11.3 Å². The quantitative estimate of drug-likeness (QED) is 0.734. The summed E-state index contributed by atoms with van der Waals surface area (Å²) in [5, 5.41) is 3.89. The SMILES string of the molecule is CC(NC1CCCCC1C(C)(C)C)c1ccc(Br)s1. The molecule has 1 N–H and O–H groups in total. The van der Waals surface area contributed by atoms with Crippen molar-refractivity contribution in [3.8, 4) is 0 Å². The summed E-state index contributed by atoms with van der Waals surface area (Å²) in [6.07, 6.45) is 5.49. The van der Waals surface area contributed by atoms with Crippen molar-refractivity contribution in [3.05, 3.63) is 20.8 Å². The van der Waals surface area contributed by atoms with Crippen LogP contribution in [0.5, 0.6) is 0 Å². The van der Waals surface area contributed by atoms with E-state index in [9.17, 15) is 0 Å². The fourth-order valence-electron chi connectivity index (χ4n) is 3.33. The van der Waals surface area contributed by atoms with Crippen molar-refractivity contribution >= 4 is 27.3 Å². The van der Waals surface area contributed by atoms with Gasteiger partial charge in [-0.05, 0) is 59.2 Å². The number of hydrogen-bond donors (Lipinski definition) is 1. The summed E-state index contributed by atoms with van der Waals surface area (Å²) in [7, 11) is 0. The molecule has 1 saturated carbocycles. The van der Waals surface area contributed by atoms with E-state index in [2.05, 4.69) is 61.1 Å². The Balaban J connectivity index is 2.03. The Hall–Kier alpha value is 0.140. The van der Waals surface area contributed by atoms with Crippen molar-refractivity contribution in [2.75, 3.05) is 0 Å². The molecular formula is C16H26BrNS. The van der Waals surface area contributed by atoms with Gasteiger partial charge in [-0.1, -0.05) is 33.6 Å². The molecule has 0 spiro atoms. The van der Waals surface area contributed by atoms with E-state index in [1.54, 1.807) is 0 Å². The van der Waals surface area contributed by atoms with Crippen molar-refractivity contribution < 1.29 is 0 Å². The zero-order valence-corrected chi connectivity index (χ0v) is 14.9. The van der Waals surface area contributed by atoms with Gasteiger partial charge in [0.05, 0.1) is 3.79 Å². The Labute approximate surface area is 130 Å². The van der Waals surface area contributed by atoms with E-state index in [1.165, 1.54) is 34.3 Å². The van der Waals surface area contributed by atoms with Gasteiger partial charge in [-0.2, -0.15) is 0 Å². The van der Waals surface area contributed by atoms with Gasteiger partial charge in [0.15, 0.2) is 0 Å². The van der Waals surface area contributed by atoms with Crippen LogP contribution in [0.2, 0.25) is 0 Å². The van der Waals surface area contributed by atoms with Crippen molar-refractivity contribution in [2.45, 2.75) is 65.5 Å². The van der Waals surface area contributed by atoms with Gasteiger partial charge < -0.3 is 5.32 Å². The Kier molecular flexibility index (Phi) is 5.13. The zero-order valence-electron chi connectivity index (χ0n) is 12.5. The molecule has 1 aromatic heterocycles. The predicted molar refractivity (Wildman–Crippen MR) is 88.8 cm³/mol. The van der Waals surface area contributed by atoms with Gasteiger partial charge in [0, 0.05) is 17.0 Å². The molecule has 1 fully saturated rings. The second-order valence-electron chi connectivity index (χ2n) is 6.89. The molecule has 1 heterocycles. The summed E-state index contributed by atoms with van der Waals surface area (Å²) >= 11 is 5.41. The average Bonchev–Trinajstić information content (AvgIpc) is 2.75. The first-order valence-corrected chi connectivity index (χ1v) is 9.00. The molecule has 3 atom stereocenters. The monoisotopic (exact) mass is 343 g/mol. The molecule has 108 valence electrons. The Morgan fingerprint density at radius 2 is 1.95 bits per heavy atom. The topological polar surface area (TPSA) is 12.0 Å². The van der Waals surface area contributed by atoms with Crippen LogP contribution in [-0.2, 0) is 0 Å². The normalized spacial score (nSPS) is 26.4. The third-order valence-corrected chi connectivity index (χ3v) is 6.17. The lowest BCUT2D eigenvalue weighted by atomic mass is 9.69. The lowest BCUT2D eigenvalue weighted by molar-refractivity contribution is 0.125. The van der Waals surface area contributed by atoms with E-state index >= 15 is 0 Å². The number of nitrogens with one attached hydrogen (secondary N) is 1. The maximum atomic E-state index is 3.89. The van der Waals surface area contributed by atoms with Crippen LogP contribution in [0.1, 0.15) is 64.3 Å². The zero-order chi connectivity index (χ0) is 14.0. The molecule has 3 heteroatoms. The molecule has 0 amide bonds. The highest BCUT2D eigenvalue weighted by atomic mass is 79.9. The van der Waals surface area contributed by atoms with Gasteiger partial charge in [0.1, 0.15) is 0 Å². The summed E-state index contributed by atoms with van der Waals surface area (Å²) in [5.41, 5.74) is 0.411. The van der Waals surface area contributed by atoms with E-state index < -0.39 is 0 Å². The standard InChI is InChI=1S/C16H26BrNS/c1-11(14-9-10-15(17)19-14)18-13-8-6-5-7-12(13)16(2,3)4/h9-13,18H,5-8H2,1-4H3. The molecule has 1 aliphatic rings. The van der Waals surface area contributed by atoms with Gasteiger partial charge in [-0.15, -0.1) is 11.3 Å². The summed E-state index contributed by atoms with van der Waals surface area (Å²) in [5.74, 6) is 0.798. The van der Waals surface area contributed by atoms with E-state index in [0.29, 0.717) is 17.5 Å². The molecule has 1 nitrogen and oxygen atoms in total. The smallest absolute Gasteiger partial charge is 0.0701 e. The number of rotatable bonds is 3. The van der Waals surface area contributed by atoms with Gasteiger partial charge in [-0.25, -0.2) is 0 Å². The highest BCUT2D eigenvalue weighted by Crippen LogP contribution is 2.39. The van der Waals surface area contributed by atoms with Crippen LogP contribution in [0.4, 0.5) is 0 Å². The summed E-state index contributed by atoms with van der Waals surface area (Å²) in [4.78, 5) is 1.44. The fourth-order valence-corrected chi connectivity index (χ4v) is 4.77. The molecular weight excluding hydrogens is 318 g/mol. The van der Waals surface area contributed by atoms with Gasteiger partial charge in [0.2, 0.25) is 0 Å². The Bertz CT molecular complexity index is 407. The third kappa shape index (κ3) is 4.05. The Morgan fingerprint density at radius 1 is 1.26 bits per heavy atom. The van der Waals surface area contributed by atoms with Crippen molar-refractivity contribution in [1.82, 2.24) is 5.32 Å². The number of thiophene rings is 1. The van der Waals surface area contributed by atoms with Gasteiger partial charge in [-0.3, -0.25) is 0 Å². The first kappa shape index (κ1) is 15.5. The molecule has 0 bridgehead atoms. The molecule has 19 heavy (non-hydrogen) atoms. The third-order valence-electron chi connectivity index (χ3n) is 4.36. The van der Waals surface area contributed by atoms with Crippen molar-refractivity contribution in [3.63, 3.8) is 0 Å². The average molecular weight is 344 g/mol. The molecule has 0 radical (unpaired) electrons. The minimum absolute atomic E-state index is 0.411. The van der Waals surface area contributed by atoms with E-state index in [1.807, 2.05) is 11.3 Å². The Morgan fingerprint density at radius 3 is 2.53 bits per heavy atom. The summed E-state index contributed by atoms with van der Waals surface area (Å²) in [6, 6.07) is 5.52. The van der Waals surface area contributed by atoms with Crippen molar-refractivity contribution in [1.29, 1.82) is 0 Å². The lowest BCUT2D eigenvalue weighted by Crippen LogP contribution is -2.45. The predicted octanol–water partition coefficient (Wildman–Crippen LogP) is 5.77. The lowest BCUT2D eigenvalue weighted by Gasteiger charge is -2.42. The first-order valence-electron chi connectivity index (χ1n) is 7.39. The highest BCUT2D eigenvalue weighted by molar-refractivity contribution is 9.11. The number of hydrogen-bond acceptors (Lipinski definition) is 2. The molecule has 2 rings (SSSR count). The maximum absolute atomic E-state index is 3.89. The molecule has 1 aromatic rings. The second-order valence-corrected chi connectivity index (χ2v) is 9.39. The minimum atomic E-state index is 0.411. The van der Waals surface area contributed by atoms with Crippen molar-refractivity contribution in [2.24, 2.45) is 11.3 Å². The second kappa shape index (κ2) is 6.28. The molecule has 0 saturated heterocycles. The van der Waals surface area contributed by atoms with Crippen LogP contribution in [0.3, 0.4) is 0 Å². The maximum Gasteiger partial charge on any atom is 0.0701 e.